The molecule has 0 bridgehead atoms. The monoisotopic (exact) mass is 454 g/mol. The van der Waals surface area contributed by atoms with Gasteiger partial charge in [-0.2, -0.15) is 4.98 Å². The third-order valence-corrected chi connectivity index (χ3v) is 4.80. The molecule has 1 heterocycles. The molecule has 0 aliphatic rings. The van der Waals surface area contributed by atoms with Gasteiger partial charge in [0.2, 0.25) is 5.91 Å². The van der Waals surface area contributed by atoms with Gasteiger partial charge in [0, 0.05) is 24.3 Å². The highest BCUT2D eigenvalue weighted by Crippen LogP contribution is 2.30. The molecule has 0 spiro atoms. The molecule has 0 aliphatic heterocycles. The van der Waals surface area contributed by atoms with Gasteiger partial charge >= 0.3 is 6.01 Å². The Balaban J connectivity index is 1.97. The van der Waals surface area contributed by atoms with E-state index in [0.717, 1.165) is 0 Å². The van der Waals surface area contributed by atoms with Crippen LogP contribution in [0.1, 0.15) is 6.42 Å². The second kappa shape index (κ2) is 9.93. The van der Waals surface area contributed by atoms with Crippen LogP contribution in [0.5, 0.6) is 6.01 Å². The highest BCUT2D eigenvalue weighted by molar-refractivity contribution is 6.42. The molecule has 0 saturated heterocycles. The molecule has 0 fully saturated rings. The first-order valence-corrected chi connectivity index (χ1v) is 9.93. The number of hydrogen-bond acceptors (Lipinski definition) is 5. The van der Waals surface area contributed by atoms with Crippen molar-refractivity contribution in [2.45, 2.75) is 6.42 Å². The van der Waals surface area contributed by atoms with Gasteiger partial charge in [-0.15, -0.1) is 16.7 Å². The lowest BCUT2D eigenvalue weighted by molar-refractivity contribution is -0.113. The Labute approximate surface area is 182 Å². The first-order valence-electron chi connectivity index (χ1n) is 8.64. The number of rotatable bonds is 8. The van der Waals surface area contributed by atoms with Crippen LogP contribution in [0.25, 0.3) is 17.1 Å². The fraction of sp³-hybridized carbons (Fsp3) is 0.211. The van der Waals surface area contributed by atoms with Crippen LogP contribution in [-0.2, 0) is 4.79 Å². The van der Waals surface area contributed by atoms with Crippen molar-refractivity contribution in [2.75, 3.05) is 24.4 Å². The average Bonchev–Trinajstić information content (AvgIpc) is 3.15. The van der Waals surface area contributed by atoms with Crippen LogP contribution in [0.4, 0.5) is 5.69 Å². The van der Waals surface area contributed by atoms with Gasteiger partial charge in [0.15, 0.2) is 5.82 Å². The summed E-state index contributed by atoms with van der Waals surface area (Å²) in [5.41, 5.74) is 2.00. The fourth-order valence-corrected chi connectivity index (χ4v) is 2.83. The van der Waals surface area contributed by atoms with Crippen molar-refractivity contribution in [3.8, 4) is 23.1 Å². The lowest BCUT2D eigenvalue weighted by Crippen LogP contribution is -2.12. The van der Waals surface area contributed by atoms with E-state index in [9.17, 15) is 4.79 Å². The zero-order valence-electron chi connectivity index (χ0n) is 15.1. The number of aliphatic hydroxyl groups is 1. The molecule has 3 aromatic rings. The Bertz CT molecular complexity index is 993. The number of anilines is 1. The summed E-state index contributed by atoms with van der Waals surface area (Å²) < 4.78 is 7.12. The van der Waals surface area contributed by atoms with Crippen molar-refractivity contribution in [3.05, 3.63) is 52.5 Å². The van der Waals surface area contributed by atoms with E-state index in [1.165, 1.54) is 0 Å². The van der Waals surface area contributed by atoms with E-state index in [-0.39, 0.29) is 31.0 Å². The van der Waals surface area contributed by atoms with Crippen molar-refractivity contribution in [1.82, 2.24) is 14.8 Å². The van der Waals surface area contributed by atoms with Gasteiger partial charge < -0.3 is 15.2 Å². The predicted octanol–water partition coefficient (Wildman–Crippen LogP) is 4.18. The normalized spacial score (nSPS) is 10.8. The number of nitrogens with zero attached hydrogens (tertiary/aromatic N) is 3. The highest BCUT2D eigenvalue weighted by Gasteiger charge is 2.16. The number of nitrogens with one attached hydrogen (secondary N) is 1. The van der Waals surface area contributed by atoms with Crippen LogP contribution in [-0.4, -0.2) is 44.9 Å². The minimum atomic E-state index is -0.295. The summed E-state index contributed by atoms with van der Waals surface area (Å²) in [6.07, 6.45) is 0.464. The Morgan fingerprint density at radius 1 is 1.14 bits per heavy atom. The van der Waals surface area contributed by atoms with E-state index >= 15 is 0 Å². The summed E-state index contributed by atoms with van der Waals surface area (Å²) in [6, 6.07) is 12.3. The van der Waals surface area contributed by atoms with Gasteiger partial charge in [-0.1, -0.05) is 23.2 Å². The summed E-state index contributed by atoms with van der Waals surface area (Å²) in [6.45, 7) is 0.292. The average molecular weight is 456 g/mol. The molecular weight excluding hydrogens is 439 g/mol. The van der Waals surface area contributed by atoms with Crippen LogP contribution < -0.4 is 10.1 Å². The molecule has 29 heavy (non-hydrogen) atoms. The van der Waals surface area contributed by atoms with E-state index in [1.54, 1.807) is 47.1 Å². The van der Waals surface area contributed by atoms with E-state index in [4.69, 9.17) is 44.6 Å². The Hall–Kier alpha value is -2.32. The van der Waals surface area contributed by atoms with Crippen molar-refractivity contribution >= 4 is 46.4 Å². The van der Waals surface area contributed by atoms with Crippen LogP contribution >= 0.6 is 34.8 Å². The van der Waals surface area contributed by atoms with E-state index in [1.807, 2.05) is 0 Å². The lowest BCUT2D eigenvalue weighted by atomic mass is 10.2. The molecule has 0 saturated carbocycles. The number of halogens is 3. The number of aliphatic hydroxyl groups excluding tert-OH is 1. The van der Waals surface area contributed by atoms with Crippen molar-refractivity contribution in [3.63, 3.8) is 0 Å². The number of carbonyl (C=O) groups excluding carboxylic acids is 1. The first kappa shape index (κ1) is 21.4. The highest BCUT2D eigenvalue weighted by atomic mass is 35.5. The Kier molecular flexibility index (Phi) is 7.33. The van der Waals surface area contributed by atoms with Gasteiger partial charge in [-0.25, -0.2) is 4.68 Å². The number of amides is 1. The Morgan fingerprint density at radius 3 is 2.55 bits per heavy atom. The summed E-state index contributed by atoms with van der Waals surface area (Å²) in [7, 11) is 0. The summed E-state index contributed by atoms with van der Waals surface area (Å²) in [5.74, 6) is 0.0808. The standard InChI is InChI=1S/C19H17Cl3N4O3/c20-11-17(28)23-13-3-5-14(6-4-13)26-18(12-2-7-15(21)16(22)10-12)24-19(25-26)29-9-1-8-27/h2-7,10,27H,1,8-9,11H2,(H,23,28). The maximum absolute atomic E-state index is 11.4. The van der Waals surface area contributed by atoms with Gasteiger partial charge in [0.1, 0.15) is 5.88 Å². The summed E-state index contributed by atoms with van der Waals surface area (Å²) in [4.78, 5) is 15.9. The largest absolute Gasteiger partial charge is 0.462 e. The van der Waals surface area contributed by atoms with Crippen LogP contribution in [0.3, 0.4) is 0 Å². The molecule has 1 amide bonds. The molecule has 7 nitrogen and oxygen atoms in total. The number of alkyl halides is 1. The van der Waals surface area contributed by atoms with Gasteiger partial charge in [-0.05, 0) is 42.5 Å². The molecular formula is C19H17Cl3N4O3. The molecule has 152 valence electrons. The minimum absolute atomic E-state index is 0.00976. The molecule has 2 aromatic carbocycles. The predicted molar refractivity (Wildman–Crippen MR) is 113 cm³/mol. The zero-order valence-corrected chi connectivity index (χ0v) is 17.4. The molecule has 0 aliphatic carbocycles. The fourth-order valence-electron chi connectivity index (χ4n) is 2.46. The maximum Gasteiger partial charge on any atom is 0.336 e. The third kappa shape index (κ3) is 5.39. The molecule has 0 unspecified atom stereocenters. The number of hydrogen-bond donors (Lipinski definition) is 2. The molecule has 0 radical (unpaired) electrons. The van der Waals surface area contributed by atoms with Crippen LogP contribution in [0.2, 0.25) is 10.0 Å². The minimum Gasteiger partial charge on any atom is -0.462 e. The summed E-state index contributed by atoms with van der Waals surface area (Å²) in [5, 5.41) is 16.8. The third-order valence-electron chi connectivity index (χ3n) is 3.82. The quantitative estimate of drug-likeness (QED) is 0.393. The molecule has 1 aromatic heterocycles. The van der Waals surface area contributed by atoms with E-state index in [2.05, 4.69) is 15.4 Å². The maximum atomic E-state index is 11.4. The van der Waals surface area contributed by atoms with Crippen molar-refractivity contribution < 1.29 is 14.6 Å². The lowest BCUT2D eigenvalue weighted by Gasteiger charge is -2.08. The topological polar surface area (TPSA) is 89.3 Å². The SMILES string of the molecule is O=C(CCl)Nc1ccc(-n2nc(OCCCO)nc2-c2ccc(Cl)c(Cl)c2)cc1. The molecule has 3 rings (SSSR count). The molecule has 2 N–H and O–H groups in total. The van der Waals surface area contributed by atoms with Gasteiger partial charge in [0.25, 0.3) is 0 Å². The van der Waals surface area contributed by atoms with Crippen molar-refractivity contribution in [1.29, 1.82) is 0 Å². The Morgan fingerprint density at radius 2 is 1.90 bits per heavy atom. The number of aromatic nitrogens is 3. The zero-order chi connectivity index (χ0) is 20.8. The second-order valence-corrected chi connectivity index (χ2v) is 6.99. The first-order chi connectivity index (χ1) is 14.0. The molecule has 0 atom stereocenters. The number of carbonyl (C=O) groups is 1. The number of ether oxygens (including phenoxy) is 1. The van der Waals surface area contributed by atoms with Gasteiger partial charge in [0.05, 0.1) is 22.3 Å². The molecule has 10 heteroatoms. The van der Waals surface area contributed by atoms with E-state index < -0.39 is 0 Å². The second-order valence-electron chi connectivity index (χ2n) is 5.91. The van der Waals surface area contributed by atoms with Crippen LogP contribution in [0, 0.1) is 0 Å². The van der Waals surface area contributed by atoms with Crippen LogP contribution in [0.15, 0.2) is 42.5 Å². The van der Waals surface area contributed by atoms with Gasteiger partial charge in [-0.3, -0.25) is 4.79 Å². The number of benzene rings is 2. The van der Waals surface area contributed by atoms with Crippen molar-refractivity contribution in [2.24, 2.45) is 0 Å². The summed E-state index contributed by atoms with van der Waals surface area (Å²) >= 11 is 17.7. The van der Waals surface area contributed by atoms with E-state index in [0.29, 0.717) is 39.2 Å². The smallest absolute Gasteiger partial charge is 0.336 e.